The van der Waals surface area contributed by atoms with Crippen molar-refractivity contribution in [3.8, 4) is 5.75 Å². The Balaban J connectivity index is 1.28. The van der Waals surface area contributed by atoms with E-state index in [-0.39, 0.29) is 5.91 Å². The van der Waals surface area contributed by atoms with E-state index in [0.29, 0.717) is 12.5 Å². The summed E-state index contributed by atoms with van der Waals surface area (Å²) in [4.78, 5) is 16.3. The Morgan fingerprint density at radius 1 is 1.00 bits per heavy atom. The van der Waals surface area contributed by atoms with Crippen LogP contribution in [0.1, 0.15) is 36.8 Å². The molecule has 0 radical (unpaired) electrons. The molecule has 2 fully saturated rings. The van der Waals surface area contributed by atoms with Gasteiger partial charge in [0.1, 0.15) is 11.9 Å². The molecule has 0 atom stereocenters. The number of piperidine rings is 1. The summed E-state index contributed by atoms with van der Waals surface area (Å²) in [5.74, 6) is 1.27. The van der Waals surface area contributed by atoms with Crippen molar-refractivity contribution in [2.75, 3.05) is 24.5 Å². The van der Waals surface area contributed by atoms with Crippen LogP contribution < -0.4 is 9.64 Å². The normalized spacial score (nSPS) is 18.9. The number of hydrogen-bond donors (Lipinski definition) is 0. The minimum atomic E-state index is 0.249. The molecule has 0 N–H and O–H groups in total. The number of ether oxygens (including phenoxy) is 1. The lowest BCUT2D eigenvalue weighted by atomic mass is 10.1. The van der Waals surface area contributed by atoms with E-state index in [2.05, 4.69) is 54.3 Å². The number of carbonyl (C=O) groups is 1. The van der Waals surface area contributed by atoms with E-state index in [9.17, 15) is 4.79 Å². The summed E-state index contributed by atoms with van der Waals surface area (Å²) in [7, 11) is 0. The molecule has 2 aromatic rings. The first kappa shape index (κ1) is 18.1. The van der Waals surface area contributed by atoms with Crippen LogP contribution in [0.15, 0.2) is 48.5 Å². The number of para-hydroxylation sites is 1. The van der Waals surface area contributed by atoms with Gasteiger partial charge in [0, 0.05) is 38.3 Å². The number of amides is 1. The Morgan fingerprint density at radius 2 is 1.74 bits per heavy atom. The second-order valence-electron chi connectivity index (χ2n) is 7.67. The Kier molecular flexibility index (Phi) is 5.44. The zero-order chi connectivity index (χ0) is 18.6. The van der Waals surface area contributed by atoms with Crippen molar-refractivity contribution in [1.29, 1.82) is 0 Å². The van der Waals surface area contributed by atoms with Crippen LogP contribution in [0, 0.1) is 6.92 Å². The lowest BCUT2D eigenvalue weighted by Gasteiger charge is -2.32. The molecular weight excluding hydrogens is 336 g/mol. The lowest BCUT2D eigenvalue weighted by molar-refractivity contribution is -0.117. The zero-order valence-electron chi connectivity index (χ0n) is 16.1. The highest BCUT2D eigenvalue weighted by Gasteiger charge is 2.23. The van der Waals surface area contributed by atoms with Gasteiger partial charge in [-0.2, -0.15) is 0 Å². The Morgan fingerprint density at radius 3 is 2.41 bits per heavy atom. The van der Waals surface area contributed by atoms with E-state index < -0.39 is 0 Å². The number of nitrogens with zero attached hydrogens (tertiary/aromatic N) is 2. The summed E-state index contributed by atoms with van der Waals surface area (Å²) < 4.78 is 6.20. The smallest absolute Gasteiger partial charge is 0.227 e. The maximum atomic E-state index is 11.9. The van der Waals surface area contributed by atoms with Crippen molar-refractivity contribution in [1.82, 2.24) is 4.90 Å². The molecule has 4 rings (SSSR count). The molecule has 0 saturated carbocycles. The standard InChI is InChI=1S/C23H28N2O2/c1-18-5-2-3-6-22(18)27-21-12-15-24(16-13-21)17-19-8-10-20(11-9-19)25-14-4-7-23(25)26/h2-3,5-6,8-11,21H,4,7,12-17H2,1H3. The van der Waals surface area contributed by atoms with E-state index in [4.69, 9.17) is 4.74 Å². The molecule has 2 aromatic carbocycles. The molecule has 4 nitrogen and oxygen atoms in total. The van der Waals surface area contributed by atoms with Gasteiger partial charge >= 0.3 is 0 Å². The first-order valence-electron chi connectivity index (χ1n) is 10.0. The molecule has 4 heteroatoms. The third-order valence-electron chi connectivity index (χ3n) is 5.65. The second kappa shape index (κ2) is 8.13. The van der Waals surface area contributed by atoms with Crippen LogP contribution in [0.4, 0.5) is 5.69 Å². The van der Waals surface area contributed by atoms with Crippen molar-refractivity contribution in [3.05, 3.63) is 59.7 Å². The van der Waals surface area contributed by atoms with E-state index in [0.717, 1.165) is 56.9 Å². The van der Waals surface area contributed by atoms with Gasteiger partial charge in [-0.15, -0.1) is 0 Å². The predicted molar refractivity (Wildman–Crippen MR) is 108 cm³/mol. The Hall–Kier alpha value is -2.33. The van der Waals surface area contributed by atoms with Crippen LogP contribution in [0.3, 0.4) is 0 Å². The van der Waals surface area contributed by atoms with Crippen molar-refractivity contribution in [3.63, 3.8) is 0 Å². The predicted octanol–water partition coefficient (Wildman–Crippen LogP) is 4.17. The van der Waals surface area contributed by atoms with Gasteiger partial charge in [-0.05, 0) is 55.5 Å². The summed E-state index contributed by atoms with van der Waals surface area (Å²) in [5.41, 5.74) is 3.55. The molecule has 0 aliphatic carbocycles. The molecule has 0 spiro atoms. The molecule has 0 aromatic heterocycles. The van der Waals surface area contributed by atoms with Gasteiger partial charge in [0.15, 0.2) is 0 Å². The molecule has 2 aliphatic heterocycles. The monoisotopic (exact) mass is 364 g/mol. The quantitative estimate of drug-likeness (QED) is 0.798. The maximum Gasteiger partial charge on any atom is 0.227 e. The van der Waals surface area contributed by atoms with E-state index >= 15 is 0 Å². The van der Waals surface area contributed by atoms with Crippen molar-refractivity contribution in [2.24, 2.45) is 0 Å². The Labute approximate surface area is 161 Å². The SMILES string of the molecule is Cc1ccccc1OC1CCN(Cc2ccc(N3CCCC3=O)cc2)CC1. The van der Waals surface area contributed by atoms with Crippen molar-refractivity contribution < 1.29 is 9.53 Å². The second-order valence-corrected chi connectivity index (χ2v) is 7.67. The van der Waals surface area contributed by atoms with Gasteiger partial charge in [0.05, 0.1) is 0 Å². The van der Waals surface area contributed by atoms with Gasteiger partial charge in [0.2, 0.25) is 5.91 Å². The average Bonchev–Trinajstić information content (AvgIpc) is 3.12. The molecule has 2 aliphatic rings. The number of hydrogen-bond acceptors (Lipinski definition) is 3. The van der Waals surface area contributed by atoms with Crippen molar-refractivity contribution in [2.45, 2.75) is 45.3 Å². The molecular formula is C23H28N2O2. The van der Waals surface area contributed by atoms with Gasteiger partial charge in [-0.1, -0.05) is 30.3 Å². The highest BCUT2D eigenvalue weighted by molar-refractivity contribution is 5.95. The molecule has 0 unspecified atom stereocenters. The highest BCUT2D eigenvalue weighted by atomic mass is 16.5. The first-order chi connectivity index (χ1) is 13.2. The van der Waals surface area contributed by atoms with Gasteiger partial charge in [0.25, 0.3) is 0 Å². The molecule has 27 heavy (non-hydrogen) atoms. The minimum absolute atomic E-state index is 0.249. The zero-order valence-corrected chi connectivity index (χ0v) is 16.1. The summed E-state index contributed by atoms with van der Waals surface area (Å²) in [6.07, 6.45) is 4.09. The van der Waals surface area contributed by atoms with Gasteiger partial charge in [-0.25, -0.2) is 0 Å². The molecule has 142 valence electrons. The number of aryl methyl sites for hydroxylation is 1. The van der Waals surface area contributed by atoms with Gasteiger partial charge < -0.3 is 9.64 Å². The van der Waals surface area contributed by atoms with Crippen LogP contribution in [0.5, 0.6) is 5.75 Å². The largest absolute Gasteiger partial charge is 0.490 e. The van der Waals surface area contributed by atoms with Crippen LogP contribution in [-0.4, -0.2) is 36.5 Å². The van der Waals surface area contributed by atoms with E-state index in [1.165, 1.54) is 11.1 Å². The topological polar surface area (TPSA) is 32.8 Å². The third kappa shape index (κ3) is 4.33. The lowest BCUT2D eigenvalue weighted by Crippen LogP contribution is -2.37. The summed E-state index contributed by atoms with van der Waals surface area (Å²) >= 11 is 0. The number of carbonyl (C=O) groups excluding carboxylic acids is 1. The van der Waals surface area contributed by atoms with Crippen LogP contribution in [-0.2, 0) is 11.3 Å². The fourth-order valence-corrected chi connectivity index (χ4v) is 4.01. The molecule has 2 saturated heterocycles. The van der Waals surface area contributed by atoms with Crippen molar-refractivity contribution >= 4 is 11.6 Å². The van der Waals surface area contributed by atoms with Crippen LogP contribution >= 0.6 is 0 Å². The Bertz CT molecular complexity index is 779. The number of rotatable bonds is 5. The number of benzene rings is 2. The number of anilines is 1. The van der Waals surface area contributed by atoms with Crippen LogP contribution in [0.25, 0.3) is 0 Å². The number of likely N-dealkylation sites (tertiary alicyclic amines) is 1. The fourth-order valence-electron chi connectivity index (χ4n) is 4.01. The van der Waals surface area contributed by atoms with Gasteiger partial charge in [-0.3, -0.25) is 9.69 Å². The van der Waals surface area contributed by atoms with E-state index in [1.54, 1.807) is 0 Å². The highest BCUT2D eigenvalue weighted by Crippen LogP contribution is 2.24. The summed E-state index contributed by atoms with van der Waals surface area (Å²) in [6, 6.07) is 16.8. The summed E-state index contributed by atoms with van der Waals surface area (Å²) in [5, 5.41) is 0. The minimum Gasteiger partial charge on any atom is -0.490 e. The average molecular weight is 364 g/mol. The third-order valence-corrected chi connectivity index (χ3v) is 5.65. The first-order valence-corrected chi connectivity index (χ1v) is 10.0. The maximum absolute atomic E-state index is 11.9. The van der Waals surface area contributed by atoms with E-state index in [1.807, 2.05) is 11.0 Å². The summed E-state index contributed by atoms with van der Waals surface area (Å²) in [6.45, 7) is 6.04. The fraction of sp³-hybridized carbons (Fsp3) is 0.435. The molecule has 0 bridgehead atoms. The van der Waals surface area contributed by atoms with Crippen LogP contribution in [0.2, 0.25) is 0 Å². The molecule has 2 heterocycles. The molecule has 1 amide bonds.